The number of benzene rings is 1. The van der Waals surface area contributed by atoms with Gasteiger partial charge in [-0.05, 0) is 38.4 Å². The van der Waals surface area contributed by atoms with Gasteiger partial charge in [0.15, 0.2) is 5.72 Å². The van der Waals surface area contributed by atoms with Crippen LogP contribution < -0.4 is 4.74 Å². The summed E-state index contributed by atoms with van der Waals surface area (Å²) >= 11 is 0. The maximum absolute atomic E-state index is 13.6. The molecule has 2 heterocycles. The second-order valence-electron chi connectivity index (χ2n) is 5.50. The van der Waals surface area contributed by atoms with Gasteiger partial charge in [-0.15, -0.1) is 0 Å². The number of rotatable bonds is 2. The number of halogens is 1. The van der Waals surface area contributed by atoms with Crippen molar-refractivity contribution in [2.24, 2.45) is 0 Å². The summed E-state index contributed by atoms with van der Waals surface area (Å²) in [4.78, 5) is 2.30. The highest BCUT2D eigenvalue weighted by molar-refractivity contribution is 5.36. The highest BCUT2D eigenvalue weighted by Gasteiger charge is 2.48. The van der Waals surface area contributed by atoms with Gasteiger partial charge in [0.05, 0.1) is 5.56 Å². The van der Waals surface area contributed by atoms with Crippen LogP contribution in [-0.2, 0) is 0 Å². The molecule has 0 spiro atoms. The molecular weight excluding hydrogens is 243 g/mol. The van der Waals surface area contributed by atoms with Crippen molar-refractivity contribution in [2.45, 2.75) is 43.9 Å². The number of ether oxygens (including phenoxy) is 1. The smallest absolute Gasteiger partial charge is 0.163 e. The van der Waals surface area contributed by atoms with Gasteiger partial charge in [-0.1, -0.05) is 0 Å². The largest absolute Gasteiger partial charge is 0.472 e. The number of nitriles is 1. The molecule has 0 aromatic heterocycles. The summed E-state index contributed by atoms with van der Waals surface area (Å²) < 4.78 is 19.7. The molecule has 100 valence electrons. The predicted octanol–water partition coefficient (Wildman–Crippen LogP) is 3.05. The zero-order valence-corrected chi connectivity index (χ0v) is 11.0. The van der Waals surface area contributed by atoms with E-state index in [-0.39, 0.29) is 11.3 Å². The Balaban J connectivity index is 1.85. The molecule has 0 saturated carbocycles. The van der Waals surface area contributed by atoms with Crippen molar-refractivity contribution in [3.63, 3.8) is 0 Å². The molecule has 0 aliphatic carbocycles. The van der Waals surface area contributed by atoms with Crippen molar-refractivity contribution < 1.29 is 9.13 Å². The van der Waals surface area contributed by atoms with Gasteiger partial charge in [0.25, 0.3) is 0 Å². The Labute approximate surface area is 112 Å². The van der Waals surface area contributed by atoms with E-state index in [1.54, 1.807) is 6.07 Å². The zero-order chi connectivity index (χ0) is 13.5. The van der Waals surface area contributed by atoms with Gasteiger partial charge in [-0.25, -0.2) is 4.39 Å². The Bertz CT molecular complexity index is 535. The van der Waals surface area contributed by atoms with E-state index in [1.165, 1.54) is 18.6 Å². The third kappa shape index (κ3) is 1.98. The second-order valence-corrected chi connectivity index (χ2v) is 5.50. The molecule has 3 rings (SSSR count). The molecule has 0 N–H and O–H groups in total. The van der Waals surface area contributed by atoms with Crippen LogP contribution in [0.1, 0.15) is 37.7 Å². The zero-order valence-electron chi connectivity index (χ0n) is 11.0. The Morgan fingerprint density at radius 3 is 3.00 bits per heavy atom. The van der Waals surface area contributed by atoms with Crippen LogP contribution in [0.15, 0.2) is 18.2 Å². The van der Waals surface area contributed by atoms with E-state index in [0.717, 1.165) is 25.7 Å². The molecule has 0 amide bonds. The first-order chi connectivity index (χ1) is 9.14. The van der Waals surface area contributed by atoms with Crippen LogP contribution >= 0.6 is 0 Å². The Kier molecular flexibility index (Phi) is 2.94. The minimum atomic E-state index is -0.510. The van der Waals surface area contributed by atoms with E-state index in [4.69, 9.17) is 10.00 Å². The van der Waals surface area contributed by atoms with Crippen molar-refractivity contribution >= 4 is 0 Å². The monoisotopic (exact) mass is 260 g/mol. The molecule has 2 aliphatic heterocycles. The fourth-order valence-electron chi connectivity index (χ4n) is 3.39. The number of hydrogen-bond donors (Lipinski definition) is 0. The summed E-state index contributed by atoms with van der Waals surface area (Å²) in [7, 11) is 2.09. The van der Waals surface area contributed by atoms with Gasteiger partial charge in [0.1, 0.15) is 17.6 Å². The first kappa shape index (κ1) is 12.4. The molecule has 4 heteroatoms. The van der Waals surface area contributed by atoms with E-state index in [9.17, 15) is 4.39 Å². The standard InChI is InChI=1S/C15H17FN2O/c1-18-12-3-2-7-15(18,8-6-12)19-13-5-4-11(10-17)14(16)9-13/h4-5,9,12H,2-3,6-8H2,1H3. The molecule has 1 aromatic carbocycles. The van der Waals surface area contributed by atoms with Crippen LogP contribution in [0.25, 0.3) is 0 Å². The predicted molar refractivity (Wildman–Crippen MR) is 69.1 cm³/mol. The average molecular weight is 260 g/mol. The van der Waals surface area contributed by atoms with Crippen molar-refractivity contribution in [2.75, 3.05) is 7.05 Å². The van der Waals surface area contributed by atoms with Crippen molar-refractivity contribution in [3.05, 3.63) is 29.6 Å². The van der Waals surface area contributed by atoms with Crippen LogP contribution in [0, 0.1) is 17.1 Å². The lowest BCUT2D eigenvalue weighted by atomic mass is 10.0. The average Bonchev–Trinajstić information content (AvgIpc) is 2.60. The topological polar surface area (TPSA) is 36.3 Å². The SMILES string of the molecule is CN1C2CCCC1(Oc1ccc(C#N)c(F)c1)CC2. The summed E-state index contributed by atoms with van der Waals surface area (Å²) in [6.45, 7) is 0. The number of piperidine rings is 1. The van der Waals surface area contributed by atoms with E-state index >= 15 is 0 Å². The van der Waals surface area contributed by atoms with Crippen molar-refractivity contribution in [1.29, 1.82) is 5.26 Å². The van der Waals surface area contributed by atoms with Crippen molar-refractivity contribution in [1.82, 2.24) is 4.90 Å². The van der Waals surface area contributed by atoms with Crippen LogP contribution in [0.4, 0.5) is 4.39 Å². The second kappa shape index (κ2) is 4.50. The fraction of sp³-hybridized carbons (Fsp3) is 0.533. The lowest BCUT2D eigenvalue weighted by Gasteiger charge is -2.42. The molecule has 2 atom stereocenters. The molecule has 3 nitrogen and oxygen atoms in total. The molecular formula is C15H17FN2O. The molecule has 2 aliphatic rings. The van der Waals surface area contributed by atoms with Gasteiger partial charge in [0, 0.05) is 24.9 Å². The molecule has 1 aromatic rings. The van der Waals surface area contributed by atoms with Gasteiger partial charge in [0.2, 0.25) is 0 Å². The fourth-order valence-corrected chi connectivity index (χ4v) is 3.39. The van der Waals surface area contributed by atoms with E-state index < -0.39 is 5.82 Å². The number of fused-ring (bicyclic) bond motifs is 2. The normalized spacial score (nSPS) is 30.1. The lowest BCUT2D eigenvalue weighted by molar-refractivity contribution is -0.0824. The molecule has 2 fully saturated rings. The number of nitrogens with zero attached hydrogens (tertiary/aromatic N) is 2. The van der Waals surface area contributed by atoms with Crippen molar-refractivity contribution in [3.8, 4) is 11.8 Å². The van der Waals surface area contributed by atoms with Gasteiger partial charge >= 0.3 is 0 Å². The van der Waals surface area contributed by atoms with E-state index in [0.29, 0.717) is 11.8 Å². The lowest BCUT2D eigenvalue weighted by Crippen LogP contribution is -2.51. The summed E-state index contributed by atoms with van der Waals surface area (Å²) in [5, 5.41) is 8.74. The first-order valence-electron chi connectivity index (χ1n) is 6.76. The maximum atomic E-state index is 13.6. The molecule has 0 radical (unpaired) electrons. The number of hydrogen-bond acceptors (Lipinski definition) is 3. The Morgan fingerprint density at radius 1 is 1.42 bits per heavy atom. The molecule has 2 saturated heterocycles. The summed E-state index contributed by atoms with van der Waals surface area (Å²) in [6.07, 6.45) is 5.52. The van der Waals surface area contributed by atoms with E-state index in [2.05, 4.69) is 11.9 Å². The van der Waals surface area contributed by atoms with Gasteiger partial charge in [-0.3, -0.25) is 4.90 Å². The molecule has 2 unspecified atom stereocenters. The van der Waals surface area contributed by atoms with Gasteiger partial charge < -0.3 is 4.74 Å². The summed E-state index contributed by atoms with van der Waals surface area (Å²) in [6, 6.07) is 6.91. The maximum Gasteiger partial charge on any atom is 0.163 e. The first-order valence-corrected chi connectivity index (χ1v) is 6.76. The van der Waals surface area contributed by atoms with E-state index in [1.807, 2.05) is 6.07 Å². The van der Waals surface area contributed by atoms with Crippen LogP contribution in [0.3, 0.4) is 0 Å². The van der Waals surface area contributed by atoms with Crippen LogP contribution in [-0.4, -0.2) is 23.7 Å². The quantitative estimate of drug-likeness (QED) is 0.820. The highest BCUT2D eigenvalue weighted by Crippen LogP contribution is 2.44. The van der Waals surface area contributed by atoms with Crippen LogP contribution in [0.5, 0.6) is 5.75 Å². The van der Waals surface area contributed by atoms with Crippen LogP contribution in [0.2, 0.25) is 0 Å². The van der Waals surface area contributed by atoms with Gasteiger partial charge in [-0.2, -0.15) is 5.26 Å². The molecule has 19 heavy (non-hydrogen) atoms. The third-order valence-corrected chi connectivity index (χ3v) is 4.53. The minimum Gasteiger partial charge on any atom is -0.472 e. The summed E-state index contributed by atoms with van der Waals surface area (Å²) in [5.74, 6) is 0.00955. The Morgan fingerprint density at radius 2 is 2.26 bits per heavy atom. The Hall–Kier alpha value is -1.60. The summed E-state index contributed by atoms with van der Waals surface area (Å²) in [5.41, 5.74) is -0.213. The highest BCUT2D eigenvalue weighted by atomic mass is 19.1. The minimum absolute atomic E-state index is 0.0612. The third-order valence-electron chi connectivity index (χ3n) is 4.53. The molecule has 2 bridgehead atoms.